The van der Waals surface area contributed by atoms with Gasteiger partial charge in [-0.1, -0.05) is 48.5 Å². The van der Waals surface area contributed by atoms with Gasteiger partial charge in [-0.3, -0.25) is 0 Å². The van der Waals surface area contributed by atoms with Crippen molar-refractivity contribution in [2.45, 2.75) is 20.0 Å². The predicted molar refractivity (Wildman–Crippen MR) is 83.7 cm³/mol. The second-order valence-corrected chi connectivity index (χ2v) is 5.27. The van der Waals surface area contributed by atoms with Crippen molar-refractivity contribution in [3.8, 4) is 5.75 Å². The third kappa shape index (κ3) is 2.21. The molecule has 3 aromatic rings. The van der Waals surface area contributed by atoms with E-state index < -0.39 is 5.97 Å². The van der Waals surface area contributed by atoms with Crippen LogP contribution in [-0.4, -0.2) is 17.2 Å². The summed E-state index contributed by atoms with van der Waals surface area (Å²) in [5.74, 6) is -0.514. The average Bonchev–Trinajstić information content (AvgIpc) is 2.47. The number of phenols is 1. The van der Waals surface area contributed by atoms with Gasteiger partial charge >= 0.3 is 5.97 Å². The molecule has 3 aromatic carbocycles. The highest BCUT2D eigenvalue weighted by Crippen LogP contribution is 2.37. The number of aromatic hydroxyl groups is 1. The van der Waals surface area contributed by atoms with Gasteiger partial charge in [-0.2, -0.15) is 0 Å². The van der Waals surface area contributed by atoms with Crippen molar-refractivity contribution in [3.63, 3.8) is 0 Å². The van der Waals surface area contributed by atoms with E-state index in [-0.39, 0.29) is 17.4 Å². The van der Waals surface area contributed by atoms with Gasteiger partial charge in [0.15, 0.2) is 0 Å². The summed E-state index contributed by atoms with van der Waals surface area (Å²) in [5.41, 5.74) is 0.234. The summed E-state index contributed by atoms with van der Waals surface area (Å²) in [4.78, 5) is 12.4. The third-order valence-electron chi connectivity index (χ3n) is 3.45. The molecule has 3 rings (SSSR count). The molecule has 0 amide bonds. The van der Waals surface area contributed by atoms with Crippen LogP contribution in [0.1, 0.15) is 24.2 Å². The summed E-state index contributed by atoms with van der Waals surface area (Å²) in [7, 11) is 0. The Morgan fingerprint density at radius 1 is 0.905 bits per heavy atom. The van der Waals surface area contributed by atoms with Crippen LogP contribution < -0.4 is 0 Å². The van der Waals surface area contributed by atoms with Crippen molar-refractivity contribution < 1.29 is 14.6 Å². The lowest BCUT2D eigenvalue weighted by molar-refractivity contribution is 0.0377. The van der Waals surface area contributed by atoms with Gasteiger partial charge in [0.2, 0.25) is 0 Å². The molecule has 0 atom stereocenters. The number of hydrogen-bond acceptors (Lipinski definition) is 3. The SMILES string of the molecule is CC(C)OC(=O)c1c(O)c2ccccc2c2ccccc12. The van der Waals surface area contributed by atoms with Crippen LogP contribution in [0.4, 0.5) is 0 Å². The molecule has 0 aromatic heterocycles. The van der Waals surface area contributed by atoms with Gasteiger partial charge in [0.1, 0.15) is 11.3 Å². The summed E-state index contributed by atoms with van der Waals surface area (Å²) < 4.78 is 5.28. The number of carbonyl (C=O) groups excluding carboxylic acids is 1. The number of phenolic OH excluding ortho intramolecular Hbond substituents is 1. The number of benzene rings is 3. The van der Waals surface area contributed by atoms with Gasteiger partial charge in [0.25, 0.3) is 0 Å². The van der Waals surface area contributed by atoms with E-state index in [9.17, 15) is 9.90 Å². The maximum absolute atomic E-state index is 12.4. The lowest BCUT2D eigenvalue weighted by Gasteiger charge is -2.14. The predicted octanol–water partition coefficient (Wildman–Crippen LogP) is 4.26. The average molecular weight is 280 g/mol. The van der Waals surface area contributed by atoms with Crippen molar-refractivity contribution in [2.75, 3.05) is 0 Å². The van der Waals surface area contributed by atoms with E-state index in [2.05, 4.69) is 0 Å². The monoisotopic (exact) mass is 280 g/mol. The third-order valence-corrected chi connectivity index (χ3v) is 3.45. The molecule has 0 fully saturated rings. The smallest absolute Gasteiger partial charge is 0.342 e. The fraction of sp³-hybridized carbons (Fsp3) is 0.167. The van der Waals surface area contributed by atoms with Crippen LogP contribution in [0.25, 0.3) is 21.5 Å². The van der Waals surface area contributed by atoms with E-state index in [4.69, 9.17) is 4.74 Å². The van der Waals surface area contributed by atoms with Gasteiger partial charge in [-0.05, 0) is 24.6 Å². The van der Waals surface area contributed by atoms with E-state index in [0.717, 1.165) is 10.8 Å². The van der Waals surface area contributed by atoms with Crippen molar-refractivity contribution in [1.29, 1.82) is 0 Å². The molecule has 0 bridgehead atoms. The number of rotatable bonds is 2. The minimum absolute atomic E-state index is 0.0186. The summed E-state index contributed by atoms with van der Waals surface area (Å²) in [5, 5.41) is 13.8. The van der Waals surface area contributed by atoms with Crippen LogP contribution in [0.5, 0.6) is 5.75 Å². The zero-order chi connectivity index (χ0) is 15.0. The summed E-state index contributed by atoms with van der Waals surface area (Å²) in [6, 6.07) is 15.1. The molecule has 0 spiro atoms. The molecule has 0 unspecified atom stereocenters. The fourth-order valence-corrected chi connectivity index (χ4v) is 2.60. The molecule has 1 N–H and O–H groups in total. The van der Waals surface area contributed by atoms with E-state index in [0.29, 0.717) is 10.8 Å². The van der Waals surface area contributed by atoms with Crippen LogP contribution in [0.3, 0.4) is 0 Å². The molecular weight excluding hydrogens is 264 g/mol. The lowest BCUT2D eigenvalue weighted by Crippen LogP contribution is -2.12. The summed E-state index contributed by atoms with van der Waals surface area (Å²) in [6.45, 7) is 3.58. The minimum Gasteiger partial charge on any atom is -0.506 e. The molecule has 106 valence electrons. The summed E-state index contributed by atoms with van der Waals surface area (Å²) in [6.07, 6.45) is -0.234. The quantitative estimate of drug-likeness (QED) is 0.563. The topological polar surface area (TPSA) is 46.5 Å². The molecule has 0 aliphatic heterocycles. The highest BCUT2D eigenvalue weighted by atomic mass is 16.5. The second kappa shape index (κ2) is 5.09. The number of ether oxygens (including phenoxy) is 1. The number of esters is 1. The fourth-order valence-electron chi connectivity index (χ4n) is 2.60. The van der Waals surface area contributed by atoms with Crippen molar-refractivity contribution in [2.24, 2.45) is 0 Å². The molecular formula is C18H16O3. The normalized spacial score (nSPS) is 11.2. The Kier molecular flexibility index (Phi) is 3.26. The van der Waals surface area contributed by atoms with E-state index >= 15 is 0 Å². The molecule has 0 saturated carbocycles. The maximum atomic E-state index is 12.4. The standard InChI is InChI=1S/C18H16O3/c1-11(2)21-18(20)16-14-9-5-3-7-12(14)13-8-4-6-10-15(13)17(16)19/h3-11,19H,1-2H3. The van der Waals surface area contributed by atoms with Crippen LogP contribution in [0.2, 0.25) is 0 Å². The first-order chi connectivity index (χ1) is 10.1. The molecule has 0 aliphatic carbocycles. The van der Waals surface area contributed by atoms with Gasteiger partial charge in [0.05, 0.1) is 6.10 Å². The zero-order valence-electron chi connectivity index (χ0n) is 12.0. The number of hydrogen-bond donors (Lipinski definition) is 1. The number of carbonyl (C=O) groups is 1. The van der Waals surface area contributed by atoms with Crippen LogP contribution in [-0.2, 0) is 4.74 Å². The highest BCUT2D eigenvalue weighted by molar-refractivity contribution is 6.19. The van der Waals surface area contributed by atoms with Crippen LogP contribution >= 0.6 is 0 Å². The van der Waals surface area contributed by atoms with Crippen molar-refractivity contribution >= 4 is 27.5 Å². The van der Waals surface area contributed by atoms with Gasteiger partial charge in [0, 0.05) is 10.8 Å². The Morgan fingerprint density at radius 2 is 1.38 bits per heavy atom. The molecule has 21 heavy (non-hydrogen) atoms. The Hall–Kier alpha value is -2.55. The Bertz CT molecular complexity index is 834. The molecule has 0 radical (unpaired) electrons. The van der Waals surface area contributed by atoms with Crippen LogP contribution in [0.15, 0.2) is 48.5 Å². The molecule has 3 heteroatoms. The first kappa shape index (κ1) is 13.4. The molecule has 0 aliphatic rings. The highest BCUT2D eigenvalue weighted by Gasteiger charge is 2.21. The van der Waals surface area contributed by atoms with Gasteiger partial charge in [-0.15, -0.1) is 0 Å². The first-order valence-electron chi connectivity index (χ1n) is 6.93. The van der Waals surface area contributed by atoms with Crippen LogP contribution in [0, 0.1) is 0 Å². The second-order valence-electron chi connectivity index (χ2n) is 5.27. The zero-order valence-corrected chi connectivity index (χ0v) is 12.0. The Balaban J connectivity index is 2.41. The molecule has 0 heterocycles. The molecule has 3 nitrogen and oxygen atoms in total. The van der Waals surface area contributed by atoms with Gasteiger partial charge < -0.3 is 9.84 Å². The maximum Gasteiger partial charge on any atom is 0.342 e. The summed E-state index contributed by atoms with van der Waals surface area (Å²) >= 11 is 0. The van der Waals surface area contributed by atoms with Crippen molar-refractivity contribution in [3.05, 3.63) is 54.1 Å². The van der Waals surface area contributed by atoms with E-state index in [1.165, 1.54) is 0 Å². The van der Waals surface area contributed by atoms with E-state index in [1.807, 2.05) is 48.5 Å². The molecule has 0 saturated heterocycles. The Labute approximate surface area is 122 Å². The first-order valence-corrected chi connectivity index (χ1v) is 6.93. The largest absolute Gasteiger partial charge is 0.506 e. The minimum atomic E-state index is -0.496. The van der Waals surface area contributed by atoms with Gasteiger partial charge in [-0.25, -0.2) is 4.79 Å². The number of fused-ring (bicyclic) bond motifs is 3. The Morgan fingerprint density at radius 3 is 1.95 bits per heavy atom. The lowest BCUT2D eigenvalue weighted by atomic mass is 9.96. The van der Waals surface area contributed by atoms with Crippen molar-refractivity contribution in [1.82, 2.24) is 0 Å². The van der Waals surface area contributed by atoms with E-state index in [1.54, 1.807) is 13.8 Å².